The number of imide groups is 1. The summed E-state index contributed by atoms with van der Waals surface area (Å²) in [4.78, 5) is 43.2. The zero-order valence-corrected chi connectivity index (χ0v) is 10.9. The van der Waals surface area contributed by atoms with Crippen molar-refractivity contribution in [2.45, 2.75) is 19.3 Å². The molecule has 0 aromatic heterocycles. The number of nitrogens with one attached hydrogen (secondary N) is 1. The third-order valence-electron chi connectivity index (χ3n) is 2.82. The van der Waals surface area contributed by atoms with E-state index in [0.717, 1.165) is 6.08 Å². The molecule has 1 atom stereocenters. The van der Waals surface area contributed by atoms with Gasteiger partial charge < -0.3 is 10.0 Å². The molecule has 2 aliphatic heterocycles. The Kier molecular flexibility index (Phi) is 5.64. The Morgan fingerprint density at radius 1 is 1.30 bits per heavy atom. The molecule has 0 bridgehead atoms. The minimum atomic E-state index is -1.05. The first-order chi connectivity index (χ1) is 9.43. The maximum atomic E-state index is 11.4. The van der Waals surface area contributed by atoms with Crippen molar-refractivity contribution in [2.24, 2.45) is 5.92 Å². The van der Waals surface area contributed by atoms with Crippen molar-refractivity contribution < 1.29 is 24.3 Å². The Labute approximate surface area is 115 Å². The zero-order valence-electron chi connectivity index (χ0n) is 10.9. The lowest BCUT2D eigenvalue weighted by atomic mass is 10.1. The molecule has 2 fully saturated rings. The van der Waals surface area contributed by atoms with E-state index in [1.54, 1.807) is 6.08 Å². The van der Waals surface area contributed by atoms with Gasteiger partial charge in [0.25, 0.3) is 0 Å². The van der Waals surface area contributed by atoms with Gasteiger partial charge in [-0.05, 0) is 6.42 Å². The number of carbonyl (C=O) groups is 4. The van der Waals surface area contributed by atoms with E-state index in [9.17, 15) is 19.2 Å². The van der Waals surface area contributed by atoms with Crippen molar-refractivity contribution in [3.8, 4) is 0 Å². The number of amides is 3. The van der Waals surface area contributed by atoms with Gasteiger partial charge in [-0.15, -0.1) is 6.58 Å². The molecule has 0 radical (unpaired) electrons. The molecule has 0 aliphatic carbocycles. The minimum absolute atomic E-state index is 0.0764. The maximum absolute atomic E-state index is 11.4. The van der Waals surface area contributed by atoms with E-state index >= 15 is 0 Å². The third-order valence-corrected chi connectivity index (χ3v) is 2.82. The number of rotatable bonds is 3. The predicted molar refractivity (Wildman–Crippen MR) is 69.2 cm³/mol. The van der Waals surface area contributed by atoms with Crippen LogP contribution in [0.4, 0.5) is 0 Å². The van der Waals surface area contributed by atoms with Gasteiger partial charge in [0, 0.05) is 31.7 Å². The van der Waals surface area contributed by atoms with Crippen LogP contribution in [0.15, 0.2) is 24.9 Å². The Hall–Kier alpha value is -2.44. The van der Waals surface area contributed by atoms with Gasteiger partial charge in [0.15, 0.2) is 0 Å². The van der Waals surface area contributed by atoms with Crippen molar-refractivity contribution in [1.82, 2.24) is 10.2 Å². The molecule has 3 amide bonds. The second kappa shape index (κ2) is 7.22. The Bertz CT molecular complexity index is 455. The summed E-state index contributed by atoms with van der Waals surface area (Å²) in [6.07, 6.45) is 5.32. The molecule has 0 aromatic rings. The first kappa shape index (κ1) is 15.6. The summed E-state index contributed by atoms with van der Waals surface area (Å²) in [6, 6.07) is 0. The fourth-order valence-corrected chi connectivity index (χ4v) is 1.75. The van der Waals surface area contributed by atoms with Crippen LogP contribution in [0.5, 0.6) is 0 Å². The Morgan fingerprint density at radius 2 is 1.90 bits per heavy atom. The van der Waals surface area contributed by atoms with Crippen LogP contribution < -0.4 is 5.32 Å². The predicted octanol–water partition coefficient (Wildman–Crippen LogP) is 0.0422. The number of hydrogen-bond acceptors (Lipinski definition) is 4. The highest BCUT2D eigenvalue weighted by Crippen LogP contribution is 2.18. The average Bonchev–Trinajstić information content (AvgIpc) is 2.93. The Balaban J connectivity index is 0.000000240. The normalized spacial score (nSPS) is 21.7. The van der Waals surface area contributed by atoms with E-state index in [1.807, 2.05) is 0 Å². The molecule has 2 heterocycles. The van der Waals surface area contributed by atoms with Crippen LogP contribution in [0.3, 0.4) is 0 Å². The number of likely N-dealkylation sites (tertiary alicyclic amines) is 1. The van der Waals surface area contributed by atoms with Gasteiger partial charge in [0.2, 0.25) is 17.7 Å². The second-order valence-corrected chi connectivity index (χ2v) is 4.29. The van der Waals surface area contributed by atoms with Crippen LogP contribution in [0, 0.1) is 5.92 Å². The number of aliphatic carboxylic acids is 1. The maximum Gasteiger partial charge on any atom is 0.329 e. The van der Waals surface area contributed by atoms with E-state index in [-0.39, 0.29) is 23.6 Å². The van der Waals surface area contributed by atoms with E-state index in [4.69, 9.17) is 5.11 Å². The van der Waals surface area contributed by atoms with Gasteiger partial charge in [-0.1, -0.05) is 6.08 Å². The largest absolute Gasteiger partial charge is 0.478 e. The number of carboxylic acids is 1. The number of hydrogen-bond donors (Lipinski definition) is 2. The van der Waals surface area contributed by atoms with Crippen LogP contribution in [-0.4, -0.2) is 40.2 Å². The third kappa shape index (κ3) is 4.68. The lowest BCUT2D eigenvalue weighted by molar-refractivity contribution is -0.131. The standard InChI is InChI=1S/C9H11NO3.C4H5NO2/c1-2-7-3-5-10(9(7)13)6-4-8(11)12;6-3-1-2-4(7)5-3/h2,4,6-7H,1,3,5H2,(H,11,12);1-2H2,(H,5,6,7). The quantitative estimate of drug-likeness (QED) is 0.431. The summed E-state index contributed by atoms with van der Waals surface area (Å²) >= 11 is 0. The van der Waals surface area contributed by atoms with Crippen LogP contribution in [0.2, 0.25) is 0 Å². The summed E-state index contributed by atoms with van der Waals surface area (Å²) in [5.74, 6) is -1.57. The molecule has 2 rings (SSSR count). The molecule has 0 saturated carbocycles. The summed E-state index contributed by atoms with van der Waals surface area (Å²) in [7, 11) is 0. The van der Waals surface area contributed by atoms with E-state index in [2.05, 4.69) is 11.9 Å². The lowest BCUT2D eigenvalue weighted by Gasteiger charge is -2.08. The summed E-state index contributed by atoms with van der Waals surface area (Å²) in [5, 5.41) is 10.5. The highest BCUT2D eigenvalue weighted by Gasteiger charge is 2.27. The first-order valence-corrected chi connectivity index (χ1v) is 6.11. The van der Waals surface area contributed by atoms with E-state index < -0.39 is 5.97 Å². The minimum Gasteiger partial charge on any atom is -0.478 e. The first-order valence-electron chi connectivity index (χ1n) is 6.11. The van der Waals surface area contributed by atoms with Crippen LogP contribution in [0.25, 0.3) is 0 Å². The zero-order chi connectivity index (χ0) is 15.1. The van der Waals surface area contributed by atoms with Crippen LogP contribution in [0.1, 0.15) is 19.3 Å². The molecule has 2 N–H and O–H groups in total. The van der Waals surface area contributed by atoms with Gasteiger partial charge in [-0.25, -0.2) is 4.79 Å². The fourth-order valence-electron chi connectivity index (χ4n) is 1.75. The molecular formula is C13H16N2O5. The topological polar surface area (TPSA) is 104 Å². The summed E-state index contributed by atoms with van der Waals surface area (Å²) in [5.41, 5.74) is 0. The monoisotopic (exact) mass is 280 g/mol. The fraction of sp³-hybridized carbons (Fsp3) is 0.385. The van der Waals surface area contributed by atoms with Gasteiger partial charge in [0.05, 0.1) is 5.92 Å². The van der Waals surface area contributed by atoms with Crippen molar-refractivity contribution in [2.75, 3.05) is 6.54 Å². The van der Waals surface area contributed by atoms with Crippen LogP contribution in [-0.2, 0) is 19.2 Å². The summed E-state index contributed by atoms with van der Waals surface area (Å²) < 4.78 is 0. The second-order valence-electron chi connectivity index (χ2n) is 4.29. The van der Waals surface area contributed by atoms with Crippen molar-refractivity contribution in [1.29, 1.82) is 0 Å². The number of carboxylic acid groups (broad SMARTS) is 1. The molecule has 7 nitrogen and oxygen atoms in total. The smallest absolute Gasteiger partial charge is 0.329 e. The average molecular weight is 280 g/mol. The van der Waals surface area contributed by atoms with Gasteiger partial charge in [-0.2, -0.15) is 0 Å². The summed E-state index contributed by atoms with van der Waals surface area (Å²) in [6.45, 7) is 4.10. The van der Waals surface area contributed by atoms with Gasteiger partial charge in [-0.3, -0.25) is 19.7 Å². The molecule has 7 heteroatoms. The van der Waals surface area contributed by atoms with E-state index in [0.29, 0.717) is 25.8 Å². The SMILES string of the molecule is C=CC1CCN(C=CC(=O)O)C1=O.O=C1CCC(=O)N1. The molecular weight excluding hydrogens is 264 g/mol. The molecule has 2 saturated heterocycles. The Morgan fingerprint density at radius 3 is 2.25 bits per heavy atom. The van der Waals surface area contributed by atoms with Crippen LogP contribution >= 0.6 is 0 Å². The molecule has 108 valence electrons. The molecule has 2 aliphatic rings. The molecule has 20 heavy (non-hydrogen) atoms. The number of carbonyl (C=O) groups excluding carboxylic acids is 3. The molecule has 1 unspecified atom stereocenters. The molecule has 0 spiro atoms. The van der Waals surface area contributed by atoms with Gasteiger partial charge in [0.1, 0.15) is 0 Å². The highest BCUT2D eigenvalue weighted by molar-refractivity contribution is 6.01. The van der Waals surface area contributed by atoms with E-state index in [1.165, 1.54) is 11.1 Å². The van der Waals surface area contributed by atoms with Crippen molar-refractivity contribution in [3.63, 3.8) is 0 Å². The van der Waals surface area contributed by atoms with Crippen molar-refractivity contribution in [3.05, 3.63) is 24.9 Å². The van der Waals surface area contributed by atoms with Gasteiger partial charge >= 0.3 is 5.97 Å². The number of nitrogens with zero attached hydrogens (tertiary/aromatic N) is 1. The lowest BCUT2D eigenvalue weighted by Crippen LogP contribution is -2.21. The molecule has 0 aromatic carbocycles. The van der Waals surface area contributed by atoms with Crippen molar-refractivity contribution >= 4 is 23.7 Å². The highest BCUT2D eigenvalue weighted by atomic mass is 16.4.